The minimum Gasteiger partial charge on any atom is -0.330 e. The van der Waals surface area contributed by atoms with Crippen LogP contribution >= 0.6 is 0 Å². The smallest absolute Gasteiger partial charge is 0.00732 e. The second kappa shape index (κ2) is 1.70. The van der Waals surface area contributed by atoms with Crippen LogP contribution in [0.25, 0.3) is 0 Å². The van der Waals surface area contributed by atoms with Crippen LogP contribution in [0, 0.1) is 17.8 Å². The lowest BCUT2D eigenvalue weighted by Crippen LogP contribution is -2.22. The summed E-state index contributed by atoms with van der Waals surface area (Å²) in [6.07, 6.45) is 2.58. The fourth-order valence-electron chi connectivity index (χ4n) is 2.43. The molecule has 0 spiro atoms. The van der Waals surface area contributed by atoms with Gasteiger partial charge in [-0.05, 0) is 37.1 Å². The quantitative estimate of drug-likeness (QED) is 0.516. The van der Waals surface area contributed by atoms with Crippen LogP contribution in [0.3, 0.4) is 0 Å². The molecular formula is C7H14N2. The number of fused-ring (bicyclic) bond motifs is 1. The van der Waals surface area contributed by atoms with Crippen molar-refractivity contribution in [2.75, 3.05) is 6.54 Å². The van der Waals surface area contributed by atoms with Gasteiger partial charge in [-0.3, -0.25) is 0 Å². The second-order valence-electron chi connectivity index (χ2n) is 3.38. The maximum atomic E-state index is 5.83. The van der Waals surface area contributed by atoms with E-state index in [1.807, 2.05) is 0 Å². The number of nitrogens with two attached hydrogens (primary N) is 2. The summed E-state index contributed by atoms with van der Waals surface area (Å²) >= 11 is 0. The molecular weight excluding hydrogens is 112 g/mol. The summed E-state index contributed by atoms with van der Waals surface area (Å²) in [5, 5.41) is 0. The van der Waals surface area contributed by atoms with Crippen LogP contribution < -0.4 is 11.5 Å². The maximum Gasteiger partial charge on any atom is 0.00732 e. The molecule has 0 heterocycles. The zero-order chi connectivity index (χ0) is 6.43. The maximum absolute atomic E-state index is 5.83. The Hall–Kier alpha value is -0.0800. The minimum absolute atomic E-state index is 0.489. The molecule has 2 aliphatic rings. The Balaban J connectivity index is 1.98. The Kier molecular flexibility index (Phi) is 1.08. The minimum atomic E-state index is 0.489. The Bertz CT molecular complexity index is 120. The molecule has 0 aromatic carbocycles. The Labute approximate surface area is 55.6 Å². The summed E-state index contributed by atoms with van der Waals surface area (Å²) in [6.45, 7) is 0.864. The molecule has 2 heteroatoms. The van der Waals surface area contributed by atoms with E-state index in [-0.39, 0.29) is 0 Å². The largest absolute Gasteiger partial charge is 0.330 e. The molecule has 4 N–H and O–H groups in total. The van der Waals surface area contributed by atoms with Crippen LogP contribution in [0.4, 0.5) is 0 Å². The predicted octanol–water partition coefficient (Wildman–Crippen LogP) is -0.0716. The van der Waals surface area contributed by atoms with Crippen molar-refractivity contribution in [2.24, 2.45) is 29.2 Å². The van der Waals surface area contributed by atoms with Gasteiger partial charge >= 0.3 is 0 Å². The van der Waals surface area contributed by atoms with Crippen molar-refractivity contribution in [3.05, 3.63) is 0 Å². The van der Waals surface area contributed by atoms with Crippen LogP contribution in [0.5, 0.6) is 0 Å². The van der Waals surface area contributed by atoms with Gasteiger partial charge in [0.2, 0.25) is 0 Å². The highest BCUT2D eigenvalue weighted by Crippen LogP contribution is 2.56. The molecule has 9 heavy (non-hydrogen) atoms. The predicted molar refractivity (Wildman–Crippen MR) is 36.7 cm³/mol. The van der Waals surface area contributed by atoms with Gasteiger partial charge in [0, 0.05) is 6.04 Å². The van der Waals surface area contributed by atoms with Crippen molar-refractivity contribution in [1.29, 1.82) is 0 Å². The van der Waals surface area contributed by atoms with Gasteiger partial charge in [0.25, 0.3) is 0 Å². The average Bonchev–Trinajstić information content (AvgIpc) is 2.46. The molecule has 0 aromatic heterocycles. The first-order valence-corrected chi connectivity index (χ1v) is 3.80. The van der Waals surface area contributed by atoms with E-state index in [0.717, 1.165) is 24.3 Å². The van der Waals surface area contributed by atoms with E-state index >= 15 is 0 Å². The fourth-order valence-corrected chi connectivity index (χ4v) is 2.43. The van der Waals surface area contributed by atoms with Crippen molar-refractivity contribution in [3.63, 3.8) is 0 Å². The first-order chi connectivity index (χ1) is 4.34. The first kappa shape index (κ1) is 5.69. The standard InChI is InChI=1S/C7H14N2/c8-3-5-4-1-2-6(9)7(4)5/h4-7H,1-3,8-9H2. The molecule has 0 aromatic rings. The van der Waals surface area contributed by atoms with Crippen molar-refractivity contribution >= 4 is 0 Å². The molecule has 2 nitrogen and oxygen atoms in total. The number of rotatable bonds is 1. The van der Waals surface area contributed by atoms with Gasteiger partial charge in [0.15, 0.2) is 0 Å². The highest BCUT2D eigenvalue weighted by atomic mass is 14.8. The van der Waals surface area contributed by atoms with E-state index in [4.69, 9.17) is 11.5 Å². The lowest BCUT2D eigenvalue weighted by Gasteiger charge is -2.05. The molecule has 2 fully saturated rings. The monoisotopic (exact) mass is 126 g/mol. The van der Waals surface area contributed by atoms with Crippen LogP contribution in [0.2, 0.25) is 0 Å². The number of hydrogen-bond acceptors (Lipinski definition) is 2. The summed E-state index contributed by atoms with van der Waals surface area (Å²) in [5.74, 6) is 2.54. The molecule has 0 aliphatic heterocycles. The van der Waals surface area contributed by atoms with Gasteiger partial charge in [-0.15, -0.1) is 0 Å². The molecule has 2 aliphatic carbocycles. The zero-order valence-electron chi connectivity index (χ0n) is 5.59. The molecule has 2 saturated carbocycles. The molecule has 2 rings (SSSR count). The lowest BCUT2D eigenvalue weighted by molar-refractivity contribution is 0.532. The van der Waals surface area contributed by atoms with E-state index < -0.39 is 0 Å². The third kappa shape index (κ3) is 0.634. The van der Waals surface area contributed by atoms with Crippen molar-refractivity contribution in [2.45, 2.75) is 18.9 Å². The van der Waals surface area contributed by atoms with Crippen molar-refractivity contribution in [1.82, 2.24) is 0 Å². The van der Waals surface area contributed by atoms with Gasteiger partial charge < -0.3 is 11.5 Å². The van der Waals surface area contributed by atoms with Crippen LogP contribution in [-0.4, -0.2) is 12.6 Å². The Morgan fingerprint density at radius 3 is 2.44 bits per heavy atom. The summed E-state index contributed by atoms with van der Waals surface area (Å²) in [4.78, 5) is 0. The average molecular weight is 126 g/mol. The zero-order valence-corrected chi connectivity index (χ0v) is 5.59. The van der Waals surface area contributed by atoms with Crippen LogP contribution in [0.1, 0.15) is 12.8 Å². The highest BCUT2D eigenvalue weighted by Gasteiger charge is 2.55. The molecule has 52 valence electrons. The molecule has 0 bridgehead atoms. The number of hydrogen-bond donors (Lipinski definition) is 2. The first-order valence-electron chi connectivity index (χ1n) is 3.80. The summed E-state index contributed by atoms with van der Waals surface area (Å²) < 4.78 is 0. The van der Waals surface area contributed by atoms with Crippen molar-refractivity contribution < 1.29 is 0 Å². The van der Waals surface area contributed by atoms with Crippen LogP contribution in [0.15, 0.2) is 0 Å². The normalized spacial score (nSPS) is 55.3. The third-order valence-electron chi connectivity index (χ3n) is 3.00. The van der Waals surface area contributed by atoms with E-state index in [1.165, 1.54) is 12.8 Å². The van der Waals surface area contributed by atoms with Gasteiger partial charge in [-0.1, -0.05) is 0 Å². The SMILES string of the molecule is NCC1C2CCC(N)C12. The fraction of sp³-hybridized carbons (Fsp3) is 1.00. The lowest BCUT2D eigenvalue weighted by atomic mass is 10.1. The molecule has 4 unspecified atom stereocenters. The summed E-state index contributed by atoms with van der Waals surface area (Å²) in [7, 11) is 0. The molecule has 0 amide bonds. The molecule has 0 saturated heterocycles. The third-order valence-corrected chi connectivity index (χ3v) is 3.00. The van der Waals surface area contributed by atoms with Crippen molar-refractivity contribution in [3.8, 4) is 0 Å². The Morgan fingerprint density at radius 1 is 1.33 bits per heavy atom. The second-order valence-corrected chi connectivity index (χ2v) is 3.38. The topological polar surface area (TPSA) is 52.0 Å². The molecule has 0 radical (unpaired) electrons. The van der Waals surface area contributed by atoms with Gasteiger partial charge in [-0.2, -0.15) is 0 Å². The highest BCUT2D eigenvalue weighted by molar-refractivity contribution is 5.07. The summed E-state index contributed by atoms with van der Waals surface area (Å²) in [6, 6.07) is 0.489. The van der Waals surface area contributed by atoms with E-state index in [9.17, 15) is 0 Å². The van der Waals surface area contributed by atoms with E-state index in [0.29, 0.717) is 6.04 Å². The van der Waals surface area contributed by atoms with Gasteiger partial charge in [0.05, 0.1) is 0 Å². The van der Waals surface area contributed by atoms with Crippen LogP contribution in [-0.2, 0) is 0 Å². The molecule has 4 atom stereocenters. The van der Waals surface area contributed by atoms with Gasteiger partial charge in [-0.25, -0.2) is 0 Å². The summed E-state index contributed by atoms with van der Waals surface area (Å²) in [5.41, 5.74) is 11.4. The Morgan fingerprint density at radius 2 is 2.11 bits per heavy atom. The van der Waals surface area contributed by atoms with E-state index in [2.05, 4.69) is 0 Å². The van der Waals surface area contributed by atoms with Gasteiger partial charge in [0.1, 0.15) is 0 Å². The van der Waals surface area contributed by atoms with E-state index in [1.54, 1.807) is 0 Å².